The van der Waals surface area contributed by atoms with E-state index in [2.05, 4.69) is 5.32 Å². The van der Waals surface area contributed by atoms with Crippen LogP contribution in [0, 0.1) is 0 Å². The first kappa shape index (κ1) is 17.9. The molecule has 0 spiro atoms. The highest BCUT2D eigenvalue weighted by atomic mass is 16.5. The van der Waals surface area contributed by atoms with Crippen LogP contribution in [-0.2, 0) is 27.3 Å². The van der Waals surface area contributed by atoms with Crippen LogP contribution < -0.4 is 10.1 Å². The summed E-state index contributed by atoms with van der Waals surface area (Å²) in [4.78, 5) is 26.6. The summed E-state index contributed by atoms with van der Waals surface area (Å²) < 4.78 is 10.1. The molecule has 6 nitrogen and oxygen atoms in total. The van der Waals surface area contributed by atoms with Gasteiger partial charge in [-0.2, -0.15) is 0 Å². The third kappa shape index (κ3) is 4.03. The zero-order chi connectivity index (χ0) is 18.5. The summed E-state index contributed by atoms with van der Waals surface area (Å²) in [5.74, 6) is 0.155. The van der Waals surface area contributed by atoms with E-state index >= 15 is 0 Å². The topological polar surface area (TPSA) is 67.9 Å². The first-order chi connectivity index (χ1) is 12.6. The highest BCUT2D eigenvalue weighted by Gasteiger charge is 2.33. The number of carbonyl (C=O) groups is 2. The molecule has 0 radical (unpaired) electrons. The molecule has 2 aromatic carbocycles. The number of benzene rings is 2. The normalized spacial score (nSPS) is 16.5. The SMILES string of the molecule is COC(=O)[C@@H]1Cc2ccccc2CN1CC(=O)Nc1cccc(OC)c1. The number of amides is 1. The number of carbonyl (C=O) groups excluding carboxylic acids is 2. The van der Waals surface area contributed by atoms with Gasteiger partial charge in [0.2, 0.25) is 5.91 Å². The first-order valence-electron chi connectivity index (χ1n) is 8.43. The highest BCUT2D eigenvalue weighted by molar-refractivity contribution is 5.93. The summed E-state index contributed by atoms with van der Waals surface area (Å²) in [6, 6.07) is 14.7. The summed E-state index contributed by atoms with van der Waals surface area (Å²) in [5.41, 5.74) is 2.90. The molecule has 0 bridgehead atoms. The van der Waals surface area contributed by atoms with E-state index in [0.29, 0.717) is 24.4 Å². The fourth-order valence-electron chi connectivity index (χ4n) is 3.20. The van der Waals surface area contributed by atoms with Crippen molar-refractivity contribution in [3.05, 3.63) is 59.7 Å². The van der Waals surface area contributed by atoms with Crippen LogP contribution in [0.25, 0.3) is 0 Å². The van der Waals surface area contributed by atoms with Crippen molar-refractivity contribution in [2.24, 2.45) is 0 Å². The molecule has 0 aromatic heterocycles. The number of anilines is 1. The molecule has 26 heavy (non-hydrogen) atoms. The second-order valence-electron chi connectivity index (χ2n) is 6.20. The lowest BCUT2D eigenvalue weighted by atomic mass is 9.94. The zero-order valence-corrected chi connectivity index (χ0v) is 14.9. The number of fused-ring (bicyclic) bond motifs is 1. The minimum absolute atomic E-state index is 0.102. The van der Waals surface area contributed by atoms with E-state index in [-0.39, 0.29) is 18.4 Å². The number of nitrogens with one attached hydrogen (secondary N) is 1. The Morgan fingerprint density at radius 1 is 1.12 bits per heavy atom. The Balaban J connectivity index is 1.73. The van der Waals surface area contributed by atoms with Gasteiger partial charge >= 0.3 is 5.97 Å². The van der Waals surface area contributed by atoms with Gasteiger partial charge in [-0.25, -0.2) is 0 Å². The third-order valence-corrected chi connectivity index (χ3v) is 4.52. The molecule has 0 saturated heterocycles. The van der Waals surface area contributed by atoms with Crippen LogP contribution in [0.4, 0.5) is 5.69 Å². The van der Waals surface area contributed by atoms with Gasteiger partial charge in [0.05, 0.1) is 20.8 Å². The van der Waals surface area contributed by atoms with E-state index in [0.717, 1.165) is 11.1 Å². The lowest BCUT2D eigenvalue weighted by Crippen LogP contribution is -2.49. The second kappa shape index (κ2) is 8.01. The van der Waals surface area contributed by atoms with Crippen molar-refractivity contribution in [2.75, 3.05) is 26.1 Å². The molecule has 1 amide bonds. The molecule has 1 aliphatic heterocycles. The molecule has 1 aliphatic rings. The maximum Gasteiger partial charge on any atom is 0.323 e. The van der Waals surface area contributed by atoms with E-state index in [1.54, 1.807) is 19.2 Å². The molecule has 1 heterocycles. The Hall–Kier alpha value is -2.86. The van der Waals surface area contributed by atoms with Gasteiger partial charge < -0.3 is 14.8 Å². The van der Waals surface area contributed by atoms with E-state index in [9.17, 15) is 9.59 Å². The van der Waals surface area contributed by atoms with Gasteiger partial charge in [0.1, 0.15) is 11.8 Å². The molecule has 2 aromatic rings. The Labute approximate surface area is 152 Å². The predicted octanol–water partition coefficient (Wildman–Crippen LogP) is 2.23. The molecule has 0 fully saturated rings. The van der Waals surface area contributed by atoms with E-state index in [4.69, 9.17) is 9.47 Å². The van der Waals surface area contributed by atoms with Gasteiger partial charge in [0.15, 0.2) is 0 Å². The fraction of sp³-hybridized carbons (Fsp3) is 0.300. The average Bonchev–Trinajstić information content (AvgIpc) is 2.66. The molecule has 136 valence electrons. The third-order valence-electron chi connectivity index (χ3n) is 4.52. The summed E-state index contributed by atoms with van der Waals surface area (Å²) >= 11 is 0. The van der Waals surface area contributed by atoms with Crippen LogP contribution in [0.3, 0.4) is 0 Å². The standard InChI is InChI=1S/C20H22N2O4/c1-25-17-9-5-8-16(11-17)21-19(23)13-22-12-15-7-4-3-6-14(15)10-18(22)20(24)26-2/h3-9,11,18H,10,12-13H2,1-2H3,(H,21,23)/t18-/m0/s1. The van der Waals surface area contributed by atoms with Crippen molar-refractivity contribution in [2.45, 2.75) is 19.0 Å². The Morgan fingerprint density at radius 2 is 1.88 bits per heavy atom. The minimum atomic E-state index is -0.467. The number of hydrogen-bond acceptors (Lipinski definition) is 5. The van der Waals surface area contributed by atoms with Crippen LogP contribution >= 0.6 is 0 Å². The van der Waals surface area contributed by atoms with Crippen molar-refractivity contribution in [1.82, 2.24) is 4.90 Å². The van der Waals surface area contributed by atoms with Crippen molar-refractivity contribution in [3.8, 4) is 5.75 Å². The van der Waals surface area contributed by atoms with E-state index in [1.165, 1.54) is 7.11 Å². The molecule has 0 saturated carbocycles. The molecular formula is C20H22N2O4. The van der Waals surface area contributed by atoms with Gasteiger partial charge in [0, 0.05) is 18.3 Å². The van der Waals surface area contributed by atoms with Gasteiger partial charge in [-0.1, -0.05) is 30.3 Å². The summed E-state index contributed by atoms with van der Waals surface area (Å²) in [6.45, 7) is 0.632. The maximum absolute atomic E-state index is 12.5. The number of rotatable bonds is 5. The minimum Gasteiger partial charge on any atom is -0.497 e. The average molecular weight is 354 g/mol. The molecule has 3 rings (SSSR count). The Bertz CT molecular complexity index is 806. The number of methoxy groups -OCH3 is 2. The first-order valence-corrected chi connectivity index (χ1v) is 8.43. The summed E-state index contributed by atoms with van der Waals surface area (Å²) in [6.07, 6.45) is 0.537. The van der Waals surface area contributed by atoms with Crippen molar-refractivity contribution < 1.29 is 19.1 Å². The van der Waals surface area contributed by atoms with Crippen molar-refractivity contribution in [1.29, 1.82) is 0 Å². The largest absolute Gasteiger partial charge is 0.497 e. The van der Waals surface area contributed by atoms with Crippen molar-refractivity contribution in [3.63, 3.8) is 0 Å². The van der Waals surface area contributed by atoms with Gasteiger partial charge in [-0.05, 0) is 29.7 Å². The summed E-state index contributed by atoms with van der Waals surface area (Å²) in [7, 11) is 2.95. The lowest BCUT2D eigenvalue weighted by molar-refractivity contribution is -0.148. The molecule has 1 atom stereocenters. The van der Waals surface area contributed by atoms with Crippen LogP contribution in [0.5, 0.6) is 5.75 Å². The highest BCUT2D eigenvalue weighted by Crippen LogP contribution is 2.24. The van der Waals surface area contributed by atoms with E-state index < -0.39 is 6.04 Å². The number of esters is 1. The number of nitrogens with zero attached hydrogens (tertiary/aromatic N) is 1. The van der Waals surface area contributed by atoms with Gasteiger partial charge in [-0.3, -0.25) is 14.5 Å². The van der Waals surface area contributed by atoms with Crippen LogP contribution in [0.2, 0.25) is 0 Å². The van der Waals surface area contributed by atoms with Crippen LogP contribution in [0.15, 0.2) is 48.5 Å². The fourth-order valence-corrected chi connectivity index (χ4v) is 3.20. The summed E-state index contributed by atoms with van der Waals surface area (Å²) in [5, 5.41) is 2.85. The van der Waals surface area contributed by atoms with Gasteiger partial charge in [0.25, 0.3) is 0 Å². The quantitative estimate of drug-likeness (QED) is 0.834. The van der Waals surface area contributed by atoms with Crippen LogP contribution in [-0.4, -0.2) is 43.6 Å². The Kier molecular flexibility index (Phi) is 5.53. The monoisotopic (exact) mass is 354 g/mol. The number of ether oxygens (including phenoxy) is 2. The Morgan fingerprint density at radius 3 is 2.62 bits per heavy atom. The zero-order valence-electron chi connectivity index (χ0n) is 14.9. The maximum atomic E-state index is 12.5. The molecule has 6 heteroatoms. The lowest BCUT2D eigenvalue weighted by Gasteiger charge is -2.34. The molecule has 0 unspecified atom stereocenters. The van der Waals surface area contributed by atoms with Gasteiger partial charge in [-0.15, -0.1) is 0 Å². The molecule has 0 aliphatic carbocycles. The molecule has 1 N–H and O–H groups in total. The van der Waals surface area contributed by atoms with Crippen LogP contribution in [0.1, 0.15) is 11.1 Å². The number of hydrogen-bond donors (Lipinski definition) is 1. The second-order valence-corrected chi connectivity index (χ2v) is 6.20. The smallest absolute Gasteiger partial charge is 0.323 e. The van der Waals surface area contributed by atoms with E-state index in [1.807, 2.05) is 41.3 Å². The van der Waals surface area contributed by atoms with Crippen molar-refractivity contribution >= 4 is 17.6 Å². The molecular weight excluding hydrogens is 332 g/mol. The predicted molar refractivity (Wildman–Crippen MR) is 98.0 cm³/mol.